The number of primary amides is 1. The first-order chi connectivity index (χ1) is 10.4. The molecule has 0 bridgehead atoms. The molecule has 22 heavy (non-hydrogen) atoms. The van der Waals surface area contributed by atoms with Crippen LogP contribution in [0, 0.1) is 6.92 Å². The van der Waals surface area contributed by atoms with Crippen LogP contribution in [0.1, 0.15) is 65.5 Å². The number of anilines is 1. The fourth-order valence-corrected chi connectivity index (χ4v) is 2.86. The van der Waals surface area contributed by atoms with Crippen molar-refractivity contribution in [2.75, 3.05) is 5.32 Å². The highest BCUT2D eigenvalue weighted by Crippen LogP contribution is 2.27. The summed E-state index contributed by atoms with van der Waals surface area (Å²) in [6.07, 6.45) is 5.24. The highest BCUT2D eigenvalue weighted by Gasteiger charge is 2.26. The van der Waals surface area contributed by atoms with Crippen LogP contribution in [-0.4, -0.2) is 23.8 Å². The zero-order chi connectivity index (χ0) is 16.3. The molecule has 120 valence electrons. The normalized spacial score (nSPS) is 15.4. The molecule has 0 spiro atoms. The average Bonchev–Trinajstić information content (AvgIpc) is 2.76. The average molecular weight is 307 g/mol. The highest BCUT2D eigenvalue weighted by atomic mass is 16.4. The fraction of sp³-hybridized carbons (Fsp3) is 0.533. The Morgan fingerprint density at radius 3 is 2.32 bits per heavy atom. The van der Waals surface area contributed by atoms with Crippen LogP contribution < -0.4 is 16.4 Å². The first-order valence-corrected chi connectivity index (χ1v) is 7.41. The van der Waals surface area contributed by atoms with Gasteiger partial charge >= 0.3 is 6.03 Å². The van der Waals surface area contributed by atoms with Crippen molar-refractivity contribution in [1.82, 2.24) is 5.32 Å². The molecule has 0 atom stereocenters. The van der Waals surface area contributed by atoms with Gasteiger partial charge in [-0.2, -0.15) is 0 Å². The Bertz CT molecular complexity index is 600. The molecule has 0 unspecified atom stereocenters. The second-order valence-corrected chi connectivity index (χ2v) is 5.59. The van der Waals surface area contributed by atoms with Crippen molar-refractivity contribution in [3.8, 4) is 0 Å². The van der Waals surface area contributed by atoms with Gasteiger partial charge in [0, 0.05) is 6.04 Å². The zero-order valence-electron chi connectivity index (χ0n) is 12.8. The number of hydrogen-bond donors (Lipinski definition) is 3. The maximum Gasteiger partial charge on any atom is 0.321 e. The molecule has 7 heteroatoms. The number of Topliss-reactive ketones (excluding diaryl/α,β-unsaturated/α-hetero) is 1. The predicted octanol–water partition coefficient (Wildman–Crippen LogP) is 2.34. The van der Waals surface area contributed by atoms with E-state index in [-0.39, 0.29) is 34.6 Å². The van der Waals surface area contributed by atoms with Gasteiger partial charge in [0.1, 0.15) is 11.3 Å². The Hall–Kier alpha value is -2.31. The molecule has 7 nitrogen and oxygen atoms in total. The maximum atomic E-state index is 12.0. The lowest BCUT2D eigenvalue weighted by atomic mass is 9.96. The standard InChI is InChI=1S/C15H21N3O4/c1-8(19)11-9(2)22-14(12(11)13(16)20)18-15(21)17-10-6-4-3-5-7-10/h10H,3-7H2,1-2H3,(H2,16,20)(H2,17,18,21). The van der Waals surface area contributed by atoms with Gasteiger partial charge in [-0.05, 0) is 26.7 Å². The molecule has 0 saturated heterocycles. The third-order valence-electron chi connectivity index (χ3n) is 3.85. The monoisotopic (exact) mass is 307 g/mol. The van der Waals surface area contributed by atoms with E-state index in [0.717, 1.165) is 25.7 Å². The minimum atomic E-state index is -0.810. The molecule has 1 aromatic rings. The fourth-order valence-electron chi connectivity index (χ4n) is 2.86. The molecule has 1 aliphatic carbocycles. The number of carbonyl (C=O) groups excluding carboxylic acids is 3. The number of ketones is 1. The quantitative estimate of drug-likeness (QED) is 0.740. The van der Waals surface area contributed by atoms with Gasteiger partial charge in [0.15, 0.2) is 5.78 Å². The van der Waals surface area contributed by atoms with E-state index in [1.807, 2.05) is 0 Å². The lowest BCUT2D eigenvalue weighted by molar-refractivity contribution is 0.0974. The molecule has 4 N–H and O–H groups in total. The molecule has 3 amide bonds. The van der Waals surface area contributed by atoms with E-state index in [4.69, 9.17) is 10.2 Å². The van der Waals surface area contributed by atoms with E-state index in [1.54, 1.807) is 6.92 Å². The largest absolute Gasteiger partial charge is 0.444 e. The summed E-state index contributed by atoms with van der Waals surface area (Å²) >= 11 is 0. The number of amides is 3. The van der Waals surface area contributed by atoms with Gasteiger partial charge in [0.2, 0.25) is 5.88 Å². The van der Waals surface area contributed by atoms with Gasteiger partial charge in [0.05, 0.1) is 5.56 Å². The van der Waals surface area contributed by atoms with E-state index in [2.05, 4.69) is 10.6 Å². The Morgan fingerprint density at radius 1 is 1.14 bits per heavy atom. The van der Waals surface area contributed by atoms with Gasteiger partial charge in [0.25, 0.3) is 5.91 Å². The van der Waals surface area contributed by atoms with Crippen molar-refractivity contribution in [2.24, 2.45) is 5.73 Å². The molecule has 1 aliphatic rings. The Balaban J connectivity index is 2.14. The van der Waals surface area contributed by atoms with Gasteiger partial charge in [-0.1, -0.05) is 19.3 Å². The summed E-state index contributed by atoms with van der Waals surface area (Å²) in [6, 6.07) is -0.340. The molecule has 2 rings (SSSR count). The molecule has 0 aromatic carbocycles. The second kappa shape index (κ2) is 6.64. The summed E-state index contributed by atoms with van der Waals surface area (Å²) in [5.74, 6) is -0.969. The summed E-state index contributed by atoms with van der Waals surface area (Å²) in [7, 11) is 0. The van der Waals surface area contributed by atoms with Crippen molar-refractivity contribution in [3.63, 3.8) is 0 Å². The van der Waals surface area contributed by atoms with Crippen LogP contribution in [0.4, 0.5) is 10.7 Å². The van der Waals surface area contributed by atoms with Crippen LogP contribution >= 0.6 is 0 Å². The molecule has 1 fully saturated rings. The number of furan rings is 1. The smallest absolute Gasteiger partial charge is 0.321 e. The topological polar surface area (TPSA) is 114 Å². The Labute approximate surface area is 128 Å². The minimum Gasteiger partial charge on any atom is -0.444 e. The van der Waals surface area contributed by atoms with Crippen molar-refractivity contribution < 1.29 is 18.8 Å². The maximum absolute atomic E-state index is 12.0. The predicted molar refractivity (Wildman–Crippen MR) is 81.0 cm³/mol. The summed E-state index contributed by atoms with van der Waals surface area (Å²) in [4.78, 5) is 35.2. The Kier molecular flexibility index (Phi) is 4.85. The Morgan fingerprint density at radius 2 is 1.77 bits per heavy atom. The molecule has 0 aliphatic heterocycles. The molecule has 1 aromatic heterocycles. The van der Waals surface area contributed by atoms with Crippen LogP contribution in [0.25, 0.3) is 0 Å². The highest BCUT2D eigenvalue weighted by molar-refractivity contribution is 6.11. The number of rotatable bonds is 4. The van der Waals surface area contributed by atoms with Crippen molar-refractivity contribution in [1.29, 1.82) is 0 Å². The number of nitrogens with one attached hydrogen (secondary N) is 2. The number of hydrogen-bond acceptors (Lipinski definition) is 4. The first-order valence-electron chi connectivity index (χ1n) is 7.41. The third kappa shape index (κ3) is 3.47. The minimum absolute atomic E-state index is 0.0798. The summed E-state index contributed by atoms with van der Waals surface area (Å²) in [5, 5.41) is 5.33. The van der Waals surface area contributed by atoms with E-state index in [1.165, 1.54) is 13.3 Å². The van der Waals surface area contributed by atoms with E-state index in [9.17, 15) is 14.4 Å². The van der Waals surface area contributed by atoms with Gasteiger partial charge in [-0.3, -0.25) is 14.9 Å². The van der Waals surface area contributed by atoms with E-state index < -0.39 is 11.9 Å². The lowest BCUT2D eigenvalue weighted by Gasteiger charge is -2.22. The van der Waals surface area contributed by atoms with Gasteiger partial charge in [-0.15, -0.1) is 0 Å². The SMILES string of the molecule is CC(=O)c1c(C)oc(NC(=O)NC2CCCCC2)c1C(N)=O. The number of aryl methyl sites for hydroxylation is 1. The zero-order valence-corrected chi connectivity index (χ0v) is 12.8. The molecule has 1 saturated carbocycles. The van der Waals surface area contributed by atoms with Crippen LogP contribution in [0.5, 0.6) is 0 Å². The van der Waals surface area contributed by atoms with Crippen molar-refractivity contribution in [2.45, 2.75) is 52.0 Å². The second-order valence-electron chi connectivity index (χ2n) is 5.59. The first kappa shape index (κ1) is 16.1. The molecule has 0 radical (unpaired) electrons. The molecule has 1 heterocycles. The molecular formula is C15H21N3O4. The number of urea groups is 1. The lowest BCUT2D eigenvalue weighted by Crippen LogP contribution is -2.39. The van der Waals surface area contributed by atoms with Gasteiger partial charge in [-0.25, -0.2) is 4.79 Å². The summed E-state index contributed by atoms with van der Waals surface area (Å²) in [6.45, 7) is 2.86. The molecular weight excluding hydrogens is 286 g/mol. The van der Waals surface area contributed by atoms with Crippen molar-refractivity contribution in [3.05, 3.63) is 16.9 Å². The van der Waals surface area contributed by atoms with Crippen LogP contribution in [0.3, 0.4) is 0 Å². The van der Waals surface area contributed by atoms with Gasteiger partial charge < -0.3 is 15.5 Å². The number of carbonyl (C=O) groups is 3. The van der Waals surface area contributed by atoms with E-state index >= 15 is 0 Å². The van der Waals surface area contributed by atoms with E-state index in [0.29, 0.717) is 0 Å². The van der Waals surface area contributed by atoms with Crippen LogP contribution in [0.15, 0.2) is 4.42 Å². The number of nitrogens with two attached hydrogens (primary N) is 1. The summed E-state index contributed by atoms with van der Waals surface area (Å²) in [5.41, 5.74) is 5.34. The summed E-state index contributed by atoms with van der Waals surface area (Å²) < 4.78 is 5.33. The third-order valence-corrected chi connectivity index (χ3v) is 3.85. The van der Waals surface area contributed by atoms with Crippen molar-refractivity contribution >= 4 is 23.6 Å². The van der Waals surface area contributed by atoms with Crippen LogP contribution in [-0.2, 0) is 0 Å². The van der Waals surface area contributed by atoms with Crippen LogP contribution in [0.2, 0.25) is 0 Å².